The molecule has 0 N–H and O–H groups in total. The summed E-state index contributed by atoms with van der Waals surface area (Å²) in [6, 6.07) is 10.7. The van der Waals surface area contributed by atoms with Gasteiger partial charge in [0.05, 0.1) is 36.1 Å². The number of fused-ring (bicyclic) bond motifs is 1. The molecule has 0 fully saturated rings. The van der Waals surface area contributed by atoms with E-state index in [0.29, 0.717) is 27.4 Å². The molecular weight excluding hydrogens is 512 g/mol. The molecule has 10 nitrogen and oxygen atoms in total. The second-order valence-corrected chi connectivity index (χ2v) is 9.24. The predicted octanol–water partition coefficient (Wildman–Crippen LogP) is 2.27. The van der Waals surface area contributed by atoms with E-state index in [4.69, 9.17) is 18.9 Å². The van der Waals surface area contributed by atoms with E-state index in [1.165, 1.54) is 37.7 Å². The molecule has 0 aliphatic carbocycles. The van der Waals surface area contributed by atoms with E-state index in [9.17, 15) is 19.2 Å². The minimum absolute atomic E-state index is 0.111. The fraction of sp³-hybridized carbons (Fsp3) is 0.222. The molecule has 1 atom stereocenters. The van der Waals surface area contributed by atoms with Crippen LogP contribution >= 0.6 is 11.3 Å². The molecule has 1 aromatic heterocycles. The van der Waals surface area contributed by atoms with E-state index < -0.39 is 29.5 Å². The molecule has 0 amide bonds. The van der Waals surface area contributed by atoms with Crippen molar-refractivity contribution in [2.24, 2.45) is 4.99 Å². The van der Waals surface area contributed by atoms with Crippen molar-refractivity contribution in [3.05, 3.63) is 84.5 Å². The number of nitrogens with zero attached hydrogens (tertiary/aromatic N) is 2. The summed E-state index contributed by atoms with van der Waals surface area (Å²) in [7, 11) is 2.82. The van der Waals surface area contributed by atoms with Gasteiger partial charge in [0, 0.05) is 25.5 Å². The molecule has 2 heterocycles. The molecule has 11 heteroatoms. The molecule has 38 heavy (non-hydrogen) atoms. The summed E-state index contributed by atoms with van der Waals surface area (Å²) < 4.78 is 22.4. The van der Waals surface area contributed by atoms with Crippen LogP contribution in [0.3, 0.4) is 0 Å². The maximum atomic E-state index is 13.7. The standard InChI is InChI=1S/C27H24N2O8S/c1-14-23(26(33)35-5)24(17-6-9-19(34-4)10-7-17)29-25(32)22(38-27(29)28-14)12-18-8-11-20(36-15(2)30)13-21(18)37-16(3)31/h6-13,24H,1-5H3/t24-/m0/s1. The number of hydrogen-bond donors (Lipinski definition) is 0. The SMILES string of the molecule is COC(=O)C1=C(C)N=c2sc(=Cc3ccc(OC(C)=O)cc3OC(C)=O)c(=O)n2[C@H]1c1ccc(OC)cc1. The Balaban J connectivity index is 1.92. The fourth-order valence-electron chi connectivity index (χ4n) is 4.04. The van der Waals surface area contributed by atoms with Crippen molar-refractivity contribution in [1.82, 2.24) is 4.57 Å². The van der Waals surface area contributed by atoms with Gasteiger partial charge in [-0.3, -0.25) is 19.0 Å². The number of hydrogen-bond acceptors (Lipinski definition) is 10. The van der Waals surface area contributed by atoms with Gasteiger partial charge in [0.1, 0.15) is 17.2 Å². The predicted molar refractivity (Wildman–Crippen MR) is 138 cm³/mol. The molecule has 2 aromatic carbocycles. The molecule has 0 saturated heterocycles. The van der Waals surface area contributed by atoms with Gasteiger partial charge < -0.3 is 18.9 Å². The van der Waals surface area contributed by atoms with Gasteiger partial charge in [-0.1, -0.05) is 23.5 Å². The highest BCUT2D eigenvalue weighted by molar-refractivity contribution is 7.07. The highest BCUT2D eigenvalue weighted by Crippen LogP contribution is 2.31. The van der Waals surface area contributed by atoms with Gasteiger partial charge in [0.15, 0.2) is 4.80 Å². The first-order valence-corrected chi connectivity index (χ1v) is 12.2. The number of allylic oxidation sites excluding steroid dienone is 1. The van der Waals surface area contributed by atoms with Crippen LogP contribution in [0, 0.1) is 0 Å². The summed E-state index contributed by atoms with van der Waals surface area (Å²) in [5.41, 5.74) is 1.34. The largest absolute Gasteiger partial charge is 0.497 e. The Morgan fingerprint density at radius 1 is 0.974 bits per heavy atom. The third-order valence-corrected chi connectivity index (χ3v) is 6.63. The zero-order chi connectivity index (χ0) is 27.6. The number of carbonyl (C=O) groups excluding carboxylic acids is 3. The van der Waals surface area contributed by atoms with Crippen LogP contribution in [-0.4, -0.2) is 36.7 Å². The molecule has 1 aliphatic rings. The van der Waals surface area contributed by atoms with Crippen LogP contribution in [0.25, 0.3) is 6.08 Å². The highest BCUT2D eigenvalue weighted by atomic mass is 32.1. The van der Waals surface area contributed by atoms with Crippen LogP contribution in [0.15, 0.2) is 63.5 Å². The molecule has 0 spiro atoms. The lowest BCUT2D eigenvalue weighted by molar-refractivity contribution is -0.137. The van der Waals surface area contributed by atoms with Crippen LogP contribution in [0.4, 0.5) is 0 Å². The smallest absolute Gasteiger partial charge is 0.338 e. The van der Waals surface area contributed by atoms with Crippen molar-refractivity contribution < 1.29 is 33.3 Å². The lowest BCUT2D eigenvalue weighted by Gasteiger charge is -2.24. The Labute approximate surface area is 221 Å². The second kappa shape index (κ2) is 10.9. The molecule has 196 valence electrons. The first-order chi connectivity index (χ1) is 18.1. The van der Waals surface area contributed by atoms with Crippen molar-refractivity contribution >= 4 is 35.3 Å². The normalized spacial score (nSPS) is 14.9. The average Bonchev–Trinajstić information content (AvgIpc) is 3.18. The van der Waals surface area contributed by atoms with Crippen LogP contribution < -0.4 is 29.1 Å². The molecule has 3 aromatic rings. The average molecular weight is 537 g/mol. The Bertz CT molecular complexity index is 1650. The maximum Gasteiger partial charge on any atom is 0.338 e. The summed E-state index contributed by atoms with van der Waals surface area (Å²) in [5, 5.41) is 0. The molecule has 0 radical (unpaired) electrons. The van der Waals surface area contributed by atoms with Crippen LogP contribution in [-0.2, 0) is 19.1 Å². The minimum atomic E-state index is -0.786. The third-order valence-electron chi connectivity index (χ3n) is 5.65. The molecule has 0 saturated carbocycles. The number of esters is 3. The second-order valence-electron chi connectivity index (χ2n) is 8.23. The number of benzene rings is 2. The lowest BCUT2D eigenvalue weighted by Crippen LogP contribution is -2.39. The Kier molecular flexibility index (Phi) is 7.58. The van der Waals surface area contributed by atoms with Crippen molar-refractivity contribution in [3.8, 4) is 17.2 Å². The Morgan fingerprint density at radius 2 is 1.63 bits per heavy atom. The van der Waals surface area contributed by atoms with Gasteiger partial charge in [-0.2, -0.15) is 0 Å². The summed E-state index contributed by atoms with van der Waals surface area (Å²) in [4.78, 5) is 54.5. The number of methoxy groups -OCH3 is 2. The minimum Gasteiger partial charge on any atom is -0.497 e. The van der Waals surface area contributed by atoms with Gasteiger partial charge in [0.25, 0.3) is 5.56 Å². The Hall–Kier alpha value is -4.51. The van der Waals surface area contributed by atoms with E-state index in [-0.39, 0.29) is 21.6 Å². The lowest BCUT2D eigenvalue weighted by atomic mass is 9.96. The molecule has 0 bridgehead atoms. The van der Waals surface area contributed by atoms with E-state index >= 15 is 0 Å². The molecule has 4 rings (SSSR count). The topological polar surface area (TPSA) is 122 Å². The van der Waals surface area contributed by atoms with Gasteiger partial charge in [-0.15, -0.1) is 0 Å². The first-order valence-electron chi connectivity index (χ1n) is 11.4. The van der Waals surface area contributed by atoms with E-state index in [2.05, 4.69) is 4.99 Å². The third kappa shape index (κ3) is 5.28. The van der Waals surface area contributed by atoms with Crippen molar-refractivity contribution in [2.45, 2.75) is 26.8 Å². The highest BCUT2D eigenvalue weighted by Gasteiger charge is 2.33. The quantitative estimate of drug-likeness (QED) is 0.347. The van der Waals surface area contributed by atoms with Crippen molar-refractivity contribution in [3.63, 3.8) is 0 Å². The molecule has 0 unspecified atom stereocenters. The van der Waals surface area contributed by atoms with Crippen LogP contribution in [0.5, 0.6) is 17.2 Å². The number of rotatable bonds is 6. The zero-order valence-electron chi connectivity index (χ0n) is 21.3. The monoisotopic (exact) mass is 536 g/mol. The van der Waals surface area contributed by atoms with E-state index in [1.807, 2.05) is 0 Å². The summed E-state index contributed by atoms with van der Waals surface area (Å²) in [6.07, 6.45) is 1.56. The number of aromatic nitrogens is 1. The summed E-state index contributed by atoms with van der Waals surface area (Å²) in [6.45, 7) is 4.18. The van der Waals surface area contributed by atoms with Gasteiger partial charge in [-0.25, -0.2) is 9.79 Å². The van der Waals surface area contributed by atoms with Crippen LogP contribution in [0.1, 0.15) is 37.9 Å². The van der Waals surface area contributed by atoms with Crippen molar-refractivity contribution in [1.29, 1.82) is 0 Å². The van der Waals surface area contributed by atoms with Crippen molar-refractivity contribution in [2.75, 3.05) is 14.2 Å². The fourth-order valence-corrected chi connectivity index (χ4v) is 5.08. The number of carbonyl (C=O) groups is 3. The maximum absolute atomic E-state index is 13.7. The molecule has 1 aliphatic heterocycles. The summed E-state index contributed by atoms with van der Waals surface area (Å²) in [5.74, 6) is -0.796. The van der Waals surface area contributed by atoms with E-state index in [1.54, 1.807) is 50.4 Å². The number of thiazole rings is 1. The summed E-state index contributed by atoms with van der Waals surface area (Å²) >= 11 is 1.12. The van der Waals surface area contributed by atoms with E-state index in [0.717, 1.165) is 11.3 Å². The Morgan fingerprint density at radius 3 is 2.24 bits per heavy atom. The molecular formula is C27H24N2O8S. The zero-order valence-corrected chi connectivity index (χ0v) is 22.1. The van der Waals surface area contributed by atoms with Crippen LogP contribution in [0.2, 0.25) is 0 Å². The van der Waals surface area contributed by atoms with Gasteiger partial charge >= 0.3 is 17.9 Å². The van der Waals surface area contributed by atoms with Gasteiger partial charge in [0.2, 0.25) is 0 Å². The number of ether oxygens (including phenoxy) is 4. The van der Waals surface area contributed by atoms with Gasteiger partial charge in [-0.05, 0) is 42.8 Å². The first kappa shape index (κ1) is 26.6.